The van der Waals surface area contributed by atoms with Crippen molar-refractivity contribution in [2.75, 3.05) is 12.5 Å². The number of hydrogen-bond donors (Lipinski definition) is 2. The minimum absolute atomic E-state index is 0.0785. The summed E-state index contributed by atoms with van der Waals surface area (Å²) in [7, 11) is 1.28. The molecule has 0 fully saturated rings. The van der Waals surface area contributed by atoms with E-state index in [0.29, 0.717) is 10.8 Å². The lowest BCUT2D eigenvalue weighted by Gasteiger charge is -2.04. The number of nitrogens with two attached hydrogens (primary N) is 1. The molecule has 1 aromatic carbocycles. The zero-order valence-electron chi connectivity index (χ0n) is 8.83. The average molecular weight is 257 g/mol. The second-order valence-corrected chi connectivity index (χ2v) is 4.01. The summed E-state index contributed by atoms with van der Waals surface area (Å²) in [6, 6.07) is 2.04. The Hall–Kier alpha value is -1.73. The lowest BCUT2D eigenvalue weighted by Crippen LogP contribution is -2.06. The maximum Gasteiger partial charge on any atom is 0.165 e. The van der Waals surface area contributed by atoms with Gasteiger partial charge in [-0.1, -0.05) is 0 Å². The Morgan fingerprint density at radius 2 is 2.12 bits per heavy atom. The first-order valence-electron chi connectivity index (χ1n) is 4.61. The van der Waals surface area contributed by atoms with Crippen molar-refractivity contribution in [1.29, 1.82) is 0 Å². The largest absolute Gasteiger partial charge is 0.494 e. The molecular formula is C10H9F2N3OS. The van der Waals surface area contributed by atoms with Crippen LogP contribution in [-0.4, -0.2) is 12.1 Å². The van der Waals surface area contributed by atoms with E-state index in [1.54, 1.807) is 5.38 Å². The first-order chi connectivity index (χ1) is 8.15. The minimum atomic E-state index is -0.638. The van der Waals surface area contributed by atoms with Gasteiger partial charge in [-0.2, -0.15) is 0 Å². The van der Waals surface area contributed by atoms with Crippen LogP contribution in [0.15, 0.2) is 17.5 Å². The van der Waals surface area contributed by atoms with Crippen molar-refractivity contribution in [2.45, 2.75) is 0 Å². The van der Waals surface area contributed by atoms with Crippen LogP contribution in [0.25, 0.3) is 10.6 Å². The van der Waals surface area contributed by atoms with Crippen LogP contribution in [0, 0.1) is 11.6 Å². The second kappa shape index (κ2) is 4.64. The molecule has 2 rings (SSSR count). The van der Waals surface area contributed by atoms with Crippen LogP contribution in [-0.2, 0) is 0 Å². The number of anilines is 1. The lowest BCUT2D eigenvalue weighted by molar-refractivity contribution is 0.383. The Morgan fingerprint density at radius 1 is 1.35 bits per heavy atom. The minimum Gasteiger partial charge on any atom is -0.494 e. The predicted octanol–water partition coefficient (Wildman–Crippen LogP) is 2.38. The van der Waals surface area contributed by atoms with E-state index in [4.69, 9.17) is 5.84 Å². The maximum absolute atomic E-state index is 13.7. The zero-order valence-corrected chi connectivity index (χ0v) is 9.65. The highest BCUT2D eigenvalue weighted by atomic mass is 32.1. The topological polar surface area (TPSA) is 60.2 Å². The van der Waals surface area contributed by atoms with E-state index in [9.17, 15) is 8.78 Å². The summed E-state index contributed by atoms with van der Waals surface area (Å²) >= 11 is 1.16. The number of nitrogens with zero attached hydrogens (tertiary/aromatic N) is 1. The molecule has 0 radical (unpaired) electrons. The van der Waals surface area contributed by atoms with Gasteiger partial charge in [0.05, 0.1) is 7.11 Å². The summed E-state index contributed by atoms with van der Waals surface area (Å²) in [6.45, 7) is 0. The third kappa shape index (κ3) is 2.20. The van der Waals surface area contributed by atoms with Crippen LogP contribution < -0.4 is 16.0 Å². The van der Waals surface area contributed by atoms with Gasteiger partial charge in [0, 0.05) is 17.0 Å². The molecule has 1 aromatic heterocycles. The highest BCUT2D eigenvalue weighted by Gasteiger charge is 2.14. The number of nitrogen functional groups attached to an aromatic ring is 1. The molecule has 0 amide bonds. The second-order valence-electron chi connectivity index (χ2n) is 3.15. The molecule has 0 bridgehead atoms. The highest BCUT2D eigenvalue weighted by molar-refractivity contribution is 7.13. The van der Waals surface area contributed by atoms with Gasteiger partial charge in [0.2, 0.25) is 0 Å². The molecule has 0 aliphatic rings. The molecule has 0 spiro atoms. The summed E-state index contributed by atoms with van der Waals surface area (Å²) < 4.78 is 31.8. The molecule has 0 atom stereocenters. The van der Waals surface area contributed by atoms with Gasteiger partial charge in [-0.3, -0.25) is 0 Å². The fourth-order valence-electron chi connectivity index (χ4n) is 1.31. The number of benzene rings is 1. The number of rotatable bonds is 3. The van der Waals surface area contributed by atoms with Gasteiger partial charge in [0.1, 0.15) is 10.8 Å². The van der Waals surface area contributed by atoms with Crippen molar-refractivity contribution in [3.05, 3.63) is 29.1 Å². The first-order valence-corrected chi connectivity index (χ1v) is 5.49. The van der Waals surface area contributed by atoms with Crippen molar-refractivity contribution in [3.8, 4) is 16.3 Å². The third-order valence-corrected chi connectivity index (χ3v) is 3.00. The number of halogens is 2. The molecular weight excluding hydrogens is 248 g/mol. The summed E-state index contributed by atoms with van der Waals surface area (Å²) in [5.41, 5.74) is 2.41. The number of ether oxygens (including phenoxy) is 1. The van der Waals surface area contributed by atoms with E-state index in [-0.39, 0.29) is 11.3 Å². The smallest absolute Gasteiger partial charge is 0.165 e. The number of hydrogen-bond acceptors (Lipinski definition) is 5. The fourth-order valence-corrected chi connectivity index (χ4v) is 2.09. The Labute approximate surface area is 100 Å². The standard InChI is InChI=1S/C10H9F2N3OS/c1-16-8-3-6(11)5(2-7(8)12)10-14-9(15-13)4-17-10/h2-4,15H,13H2,1H3. The van der Waals surface area contributed by atoms with Gasteiger partial charge in [-0.05, 0) is 6.07 Å². The van der Waals surface area contributed by atoms with E-state index in [1.165, 1.54) is 7.11 Å². The molecule has 0 saturated heterocycles. The van der Waals surface area contributed by atoms with Crippen molar-refractivity contribution in [3.63, 3.8) is 0 Å². The van der Waals surface area contributed by atoms with E-state index in [2.05, 4.69) is 15.1 Å². The number of methoxy groups -OCH3 is 1. The molecule has 17 heavy (non-hydrogen) atoms. The number of thiazole rings is 1. The summed E-state index contributed by atoms with van der Waals surface area (Å²) in [6.07, 6.45) is 0. The van der Waals surface area contributed by atoms with Gasteiger partial charge in [-0.15, -0.1) is 11.3 Å². The van der Waals surface area contributed by atoms with Crippen LogP contribution >= 0.6 is 11.3 Å². The van der Waals surface area contributed by atoms with Gasteiger partial charge in [0.25, 0.3) is 0 Å². The quantitative estimate of drug-likeness (QED) is 0.654. The van der Waals surface area contributed by atoms with Crippen LogP contribution in [0.4, 0.5) is 14.6 Å². The predicted molar refractivity (Wildman–Crippen MR) is 61.8 cm³/mol. The number of aromatic nitrogens is 1. The molecule has 4 nitrogen and oxygen atoms in total. The molecule has 2 aromatic rings. The van der Waals surface area contributed by atoms with Crippen molar-refractivity contribution >= 4 is 17.2 Å². The van der Waals surface area contributed by atoms with Gasteiger partial charge in [-0.25, -0.2) is 19.6 Å². The zero-order chi connectivity index (χ0) is 12.4. The first kappa shape index (κ1) is 11.7. The molecule has 3 N–H and O–H groups in total. The normalized spacial score (nSPS) is 10.4. The Bertz CT molecular complexity index is 544. The highest BCUT2D eigenvalue weighted by Crippen LogP contribution is 2.31. The number of nitrogens with one attached hydrogen (secondary N) is 1. The van der Waals surface area contributed by atoms with Gasteiger partial charge >= 0.3 is 0 Å². The summed E-state index contributed by atoms with van der Waals surface area (Å²) in [5, 5.41) is 1.95. The molecule has 0 aliphatic carbocycles. The Balaban J connectivity index is 2.48. The third-order valence-electron chi connectivity index (χ3n) is 2.12. The molecule has 0 unspecified atom stereocenters. The van der Waals surface area contributed by atoms with Gasteiger partial charge < -0.3 is 10.2 Å². The molecule has 1 heterocycles. The average Bonchev–Trinajstić information content (AvgIpc) is 2.80. The fraction of sp³-hybridized carbons (Fsp3) is 0.100. The van der Waals surface area contributed by atoms with Crippen LogP contribution in [0.5, 0.6) is 5.75 Å². The summed E-state index contributed by atoms with van der Waals surface area (Å²) in [5.74, 6) is 4.19. The SMILES string of the molecule is COc1cc(F)c(-c2nc(NN)cs2)cc1F. The lowest BCUT2D eigenvalue weighted by atomic mass is 10.2. The van der Waals surface area contributed by atoms with Crippen molar-refractivity contribution in [1.82, 2.24) is 4.98 Å². The van der Waals surface area contributed by atoms with Crippen molar-refractivity contribution < 1.29 is 13.5 Å². The van der Waals surface area contributed by atoms with E-state index >= 15 is 0 Å². The van der Waals surface area contributed by atoms with Crippen LogP contribution in [0.1, 0.15) is 0 Å². The molecule has 7 heteroatoms. The summed E-state index contributed by atoms with van der Waals surface area (Å²) in [4.78, 5) is 3.99. The maximum atomic E-state index is 13.7. The van der Waals surface area contributed by atoms with Crippen LogP contribution in [0.3, 0.4) is 0 Å². The van der Waals surface area contributed by atoms with E-state index in [0.717, 1.165) is 23.5 Å². The monoisotopic (exact) mass is 257 g/mol. The van der Waals surface area contributed by atoms with Crippen LogP contribution in [0.2, 0.25) is 0 Å². The Morgan fingerprint density at radius 3 is 2.71 bits per heavy atom. The molecule has 0 saturated carbocycles. The molecule has 90 valence electrons. The number of hydrazine groups is 1. The Kier molecular flexibility index (Phi) is 3.21. The van der Waals surface area contributed by atoms with E-state index < -0.39 is 11.6 Å². The van der Waals surface area contributed by atoms with Gasteiger partial charge in [0.15, 0.2) is 17.4 Å². The molecule has 0 aliphatic heterocycles. The van der Waals surface area contributed by atoms with E-state index in [1.807, 2.05) is 0 Å². The van der Waals surface area contributed by atoms with Crippen molar-refractivity contribution in [2.24, 2.45) is 5.84 Å².